The lowest BCUT2D eigenvalue weighted by Gasteiger charge is -2.37. The highest BCUT2D eigenvalue weighted by atomic mass is 28.4. The molecule has 0 amide bonds. The Bertz CT molecular complexity index is 1010. The van der Waals surface area contributed by atoms with Gasteiger partial charge >= 0.3 is 0 Å². The Kier molecular flexibility index (Phi) is 4.90. The molecule has 0 saturated carbocycles. The molecule has 4 rings (SSSR count). The van der Waals surface area contributed by atoms with Gasteiger partial charge in [0, 0.05) is 0 Å². The number of rotatable bonds is 4. The van der Waals surface area contributed by atoms with E-state index in [0.29, 0.717) is 12.3 Å². The second-order valence-electron chi connectivity index (χ2n) is 9.98. The number of nitrogens with zero attached hydrogens (tertiary/aromatic N) is 3. The number of H-pyrrole nitrogens is 1. The van der Waals surface area contributed by atoms with Crippen molar-refractivity contribution in [2.75, 3.05) is 12.3 Å². The molecule has 30 heavy (non-hydrogen) atoms. The summed E-state index contributed by atoms with van der Waals surface area (Å²) in [7, 11) is -1.97. The third-order valence-corrected chi connectivity index (χ3v) is 10.8. The summed E-state index contributed by atoms with van der Waals surface area (Å²) in [6.45, 7) is 15.2. The zero-order valence-electron chi connectivity index (χ0n) is 18.6. The molecule has 0 aliphatic carbocycles. The van der Waals surface area contributed by atoms with Gasteiger partial charge in [-0.1, -0.05) is 20.8 Å². The summed E-state index contributed by atoms with van der Waals surface area (Å²) < 4.78 is 26.8. The fourth-order valence-corrected chi connectivity index (χ4v) is 4.67. The molecular weight excluding hydrogens is 406 g/mol. The average Bonchev–Trinajstić information content (AvgIpc) is 3.23. The molecular formula is C19H31N5O5Si. The van der Waals surface area contributed by atoms with E-state index in [4.69, 9.17) is 24.4 Å². The summed E-state index contributed by atoms with van der Waals surface area (Å²) in [5.74, 6) is -0.738. The van der Waals surface area contributed by atoms with Gasteiger partial charge in [0.25, 0.3) is 5.56 Å². The van der Waals surface area contributed by atoms with Crippen molar-refractivity contribution in [2.24, 2.45) is 0 Å². The first-order valence-corrected chi connectivity index (χ1v) is 13.1. The van der Waals surface area contributed by atoms with E-state index in [-0.39, 0.29) is 28.7 Å². The summed E-state index contributed by atoms with van der Waals surface area (Å²) in [6.07, 6.45) is -0.0738. The van der Waals surface area contributed by atoms with Crippen LogP contribution in [0.15, 0.2) is 11.1 Å². The number of hydrogen-bond donors (Lipinski definition) is 2. The molecule has 3 N–H and O–H groups in total. The van der Waals surface area contributed by atoms with Gasteiger partial charge in [0.2, 0.25) is 5.95 Å². The van der Waals surface area contributed by atoms with Crippen LogP contribution in [0.5, 0.6) is 0 Å². The van der Waals surface area contributed by atoms with E-state index in [2.05, 4.69) is 48.8 Å². The third kappa shape index (κ3) is 3.58. The number of imidazole rings is 1. The van der Waals surface area contributed by atoms with Crippen molar-refractivity contribution in [1.82, 2.24) is 19.5 Å². The van der Waals surface area contributed by atoms with Crippen LogP contribution < -0.4 is 11.3 Å². The van der Waals surface area contributed by atoms with Gasteiger partial charge in [0.1, 0.15) is 18.3 Å². The average molecular weight is 438 g/mol. The van der Waals surface area contributed by atoms with Crippen LogP contribution in [-0.2, 0) is 18.6 Å². The standard InChI is InChI=1S/C19H31N5O5Si/c1-18(2,3)30(6,7)26-8-10-12-13(29-19(4,5)28-12)16(27-10)24-9-21-11-14(24)22-17(20)23-15(11)25/h9-10,12-13,16H,8H2,1-7H3,(H3,20,22,23,25)/t10?,12-,13-,16?/m1/s1. The number of aromatic nitrogens is 4. The van der Waals surface area contributed by atoms with Crippen molar-refractivity contribution in [1.29, 1.82) is 0 Å². The summed E-state index contributed by atoms with van der Waals surface area (Å²) in [4.78, 5) is 23.1. The lowest BCUT2D eigenvalue weighted by Crippen LogP contribution is -2.44. The molecule has 10 nitrogen and oxygen atoms in total. The Balaban J connectivity index is 1.65. The normalized spacial score (nSPS) is 28.9. The number of anilines is 1. The Morgan fingerprint density at radius 1 is 1.30 bits per heavy atom. The van der Waals surface area contributed by atoms with Gasteiger partial charge in [-0.2, -0.15) is 4.98 Å². The molecule has 2 aliphatic rings. The highest BCUT2D eigenvalue weighted by molar-refractivity contribution is 6.74. The molecule has 2 unspecified atom stereocenters. The molecule has 0 spiro atoms. The van der Waals surface area contributed by atoms with Crippen LogP contribution in [0, 0.1) is 0 Å². The molecule has 0 radical (unpaired) electrons. The Morgan fingerprint density at radius 2 is 1.97 bits per heavy atom. The summed E-state index contributed by atoms with van der Waals surface area (Å²) in [5, 5.41) is 0.0831. The molecule has 2 aromatic rings. The molecule has 0 aromatic carbocycles. The summed E-state index contributed by atoms with van der Waals surface area (Å²) in [6, 6.07) is 0. The topological polar surface area (TPSA) is 127 Å². The third-order valence-electron chi connectivity index (χ3n) is 6.26. The predicted molar refractivity (Wildman–Crippen MR) is 113 cm³/mol. The van der Waals surface area contributed by atoms with Crippen LogP contribution in [0.1, 0.15) is 40.8 Å². The Hall–Kier alpha value is -1.79. The van der Waals surface area contributed by atoms with Gasteiger partial charge in [-0.15, -0.1) is 0 Å². The van der Waals surface area contributed by atoms with Crippen LogP contribution in [0.25, 0.3) is 11.2 Å². The predicted octanol–water partition coefficient (Wildman–Crippen LogP) is 2.14. The van der Waals surface area contributed by atoms with E-state index in [0.717, 1.165) is 0 Å². The molecule has 2 aromatic heterocycles. The number of aromatic amines is 1. The van der Waals surface area contributed by atoms with Gasteiger partial charge in [-0.3, -0.25) is 14.3 Å². The fourth-order valence-electron chi connectivity index (χ4n) is 3.65. The van der Waals surface area contributed by atoms with Crippen LogP contribution in [0.3, 0.4) is 0 Å². The first-order chi connectivity index (χ1) is 13.8. The van der Waals surface area contributed by atoms with Gasteiger partial charge in [-0.25, -0.2) is 4.98 Å². The maximum atomic E-state index is 12.2. The minimum absolute atomic E-state index is 0.0190. The van der Waals surface area contributed by atoms with E-state index in [9.17, 15) is 4.79 Å². The van der Waals surface area contributed by atoms with E-state index < -0.39 is 32.0 Å². The maximum Gasteiger partial charge on any atom is 0.280 e. The number of fused-ring (bicyclic) bond motifs is 2. The summed E-state index contributed by atoms with van der Waals surface area (Å²) in [5.41, 5.74) is 5.89. The van der Waals surface area contributed by atoms with Crippen LogP contribution in [0.2, 0.25) is 18.1 Å². The van der Waals surface area contributed by atoms with Crippen molar-refractivity contribution in [3.63, 3.8) is 0 Å². The van der Waals surface area contributed by atoms with Crippen molar-refractivity contribution in [2.45, 2.75) is 83.1 Å². The van der Waals surface area contributed by atoms with Crippen LogP contribution in [0.4, 0.5) is 5.95 Å². The quantitative estimate of drug-likeness (QED) is 0.697. The molecule has 4 atom stereocenters. The summed E-state index contributed by atoms with van der Waals surface area (Å²) >= 11 is 0. The molecule has 4 heterocycles. The Labute approximate surface area is 176 Å². The minimum Gasteiger partial charge on any atom is -0.414 e. The number of nitrogens with one attached hydrogen (secondary N) is 1. The molecule has 2 saturated heterocycles. The second-order valence-corrected chi connectivity index (χ2v) is 14.8. The Morgan fingerprint density at radius 3 is 2.63 bits per heavy atom. The smallest absolute Gasteiger partial charge is 0.280 e. The first-order valence-electron chi connectivity index (χ1n) is 10.2. The van der Waals surface area contributed by atoms with Gasteiger partial charge in [0.15, 0.2) is 31.5 Å². The highest BCUT2D eigenvalue weighted by Gasteiger charge is 2.56. The van der Waals surface area contributed by atoms with E-state index in [1.165, 1.54) is 6.33 Å². The van der Waals surface area contributed by atoms with Crippen molar-refractivity contribution in [3.05, 3.63) is 16.7 Å². The number of hydrogen-bond acceptors (Lipinski definition) is 8. The molecule has 0 bridgehead atoms. The van der Waals surface area contributed by atoms with Gasteiger partial charge in [-0.05, 0) is 32.0 Å². The zero-order valence-corrected chi connectivity index (χ0v) is 19.6. The molecule has 2 aliphatic heterocycles. The highest BCUT2D eigenvalue weighted by Crippen LogP contribution is 2.44. The number of nitrogen functional groups attached to an aromatic ring is 1. The van der Waals surface area contributed by atoms with Crippen LogP contribution >= 0.6 is 0 Å². The lowest BCUT2D eigenvalue weighted by molar-refractivity contribution is -0.199. The van der Waals surface area contributed by atoms with Crippen molar-refractivity contribution >= 4 is 25.4 Å². The number of nitrogens with two attached hydrogens (primary N) is 1. The molecule has 11 heteroatoms. The zero-order chi connectivity index (χ0) is 22.1. The van der Waals surface area contributed by atoms with E-state index in [1.54, 1.807) is 4.57 Å². The van der Waals surface area contributed by atoms with Gasteiger partial charge in [0.05, 0.1) is 12.9 Å². The van der Waals surface area contributed by atoms with Crippen molar-refractivity contribution < 1.29 is 18.6 Å². The van der Waals surface area contributed by atoms with Gasteiger partial charge < -0.3 is 24.4 Å². The SMILES string of the molecule is CC1(C)O[C@@H]2C(CO[Si](C)(C)C(C)(C)C)OC(n3cnc4c(=O)[nH]c(N)nc43)[C@@H]2O1. The second kappa shape index (κ2) is 6.86. The first kappa shape index (κ1) is 21.4. The largest absolute Gasteiger partial charge is 0.414 e. The monoisotopic (exact) mass is 437 g/mol. The molecule has 166 valence electrons. The maximum absolute atomic E-state index is 12.2. The lowest BCUT2D eigenvalue weighted by atomic mass is 10.1. The van der Waals surface area contributed by atoms with Crippen molar-refractivity contribution in [3.8, 4) is 0 Å². The van der Waals surface area contributed by atoms with Crippen LogP contribution in [-0.4, -0.2) is 58.5 Å². The fraction of sp³-hybridized carbons (Fsp3) is 0.737. The minimum atomic E-state index is -1.97. The van der Waals surface area contributed by atoms with E-state index in [1.807, 2.05) is 13.8 Å². The molecule has 2 fully saturated rings. The number of ether oxygens (including phenoxy) is 3. The van der Waals surface area contributed by atoms with E-state index >= 15 is 0 Å².